The van der Waals surface area contributed by atoms with Gasteiger partial charge in [0.25, 0.3) is 0 Å². The van der Waals surface area contributed by atoms with Crippen molar-refractivity contribution < 1.29 is 13.2 Å². The molecule has 3 rings (SSSR count). The number of ether oxygens (including phenoxy) is 1. The van der Waals surface area contributed by atoms with Crippen molar-refractivity contribution in [3.63, 3.8) is 0 Å². The molecular formula is C22H30IN3O3S. The minimum Gasteiger partial charge on any atom is -0.370 e. The highest BCUT2D eigenvalue weighted by Crippen LogP contribution is 2.26. The third-order valence-corrected chi connectivity index (χ3v) is 6.28. The molecule has 8 heteroatoms. The van der Waals surface area contributed by atoms with E-state index in [-0.39, 0.29) is 30.1 Å². The SMILES string of the molecule is CN=C(NCc1ccc(S(C)(=O)=O)cc1)N1CCOC(c2ccc(C)cc2C)C1.I. The zero-order valence-electron chi connectivity index (χ0n) is 17.9. The lowest BCUT2D eigenvalue weighted by molar-refractivity contribution is -0.00834. The van der Waals surface area contributed by atoms with Crippen molar-refractivity contribution in [3.05, 3.63) is 64.7 Å². The third-order valence-electron chi connectivity index (χ3n) is 5.15. The highest BCUT2D eigenvalue weighted by molar-refractivity contribution is 14.0. The molecule has 0 bridgehead atoms. The quantitative estimate of drug-likeness (QED) is 0.364. The minimum absolute atomic E-state index is 0. The van der Waals surface area contributed by atoms with Crippen molar-refractivity contribution >= 4 is 39.8 Å². The molecule has 0 saturated carbocycles. The monoisotopic (exact) mass is 543 g/mol. The summed E-state index contributed by atoms with van der Waals surface area (Å²) in [6.45, 7) is 6.94. The van der Waals surface area contributed by atoms with E-state index >= 15 is 0 Å². The van der Waals surface area contributed by atoms with Crippen LogP contribution in [0.1, 0.15) is 28.4 Å². The van der Waals surface area contributed by atoms with Crippen LogP contribution in [0.15, 0.2) is 52.4 Å². The summed E-state index contributed by atoms with van der Waals surface area (Å²) in [7, 11) is -1.40. The van der Waals surface area contributed by atoms with Gasteiger partial charge in [-0.25, -0.2) is 8.42 Å². The molecular weight excluding hydrogens is 513 g/mol. The van der Waals surface area contributed by atoms with Crippen LogP contribution in [-0.4, -0.2) is 52.3 Å². The Morgan fingerprint density at radius 3 is 2.50 bits per heavy atom. The molecule has 0 amide bonds. The molecule has 164 valence electrons. The van der Waals surface area contributed by atoms with Gasteiger partial charge in [-0.3, -0.25) is 4.99 Å². The average molecular weight is 543 g/mol. The van der Waals surface area contributed by atoms with E-state index in [1.54, 1.807) is 19.2 Å². The average Bonchev–Trinajstić information content (AvgIpc) is 2.68. The van der Waals surface area contributed by atoms with E-state index in [2.05, 4.69) is 47.3 Å². The topological polar surface area (TPSA) is 71.0 Å². The first-order valence-electron chi connectivity index (χ1n) is 9.71. The third kappa shape index (κ3) is 6.18. The van der Waals surface area contributed by atoms with Gasteiger partial charge in [0.1, 0.15) is 6.10 Å². The molecule has 2 aromatic rings. The molecule has 6 nitrogen and oxygen atoms in total. The molecule has 1 heterocycles. The van der Waals surface area contributed by atoms with E-state index in [9.17, 15) is 8.42 Å². The predicted molar refractivity (Wildman–Crippen MR) is 131 cm³/mol. The lowest BCUT2D eigenvalue weighted by Crippen LogP contribution is -2.48. The normalized spacial score (nSPS) is 17.4. The number of sulfone groups is 1. The summed E-state index contributed by atoms with van der Waals surface area (Å²) in [5.41, 5.74) is 4.70. The summed E-state index contributed by atoms with van der Waals surface area (Å²) in [6.07, 6.45) is 1.23. The van der Waals surface area contributed by atoms with Crippen LogP contribution in [0.4, 0.5) is 0 Å². The van der Waals surface area contributed by atoms with E-state index in [4.69, 9.17) is 4.74 Å². The van der Waals surface area contributed by atoms with Crippen molar-refractivity contribution in [2.45, 2.75) is 31.4 Å². The van der Waals surface area contributed by atoms with E-state index in [1.165, 1.54) is 22.9 Å². The fourth-order valence-electron chi connectivity index (χ4n) is 3.58. The zero-order valence-corrected chi connectivity index (χ0v) is 21.0. The Morgan fingerprint density at radius 1 is 1.20 bits per heavy atom. The number of hydrogen-bond donors (Lipinski definition) is 1. The number of morpholine rings is 1. The number of nitrogens with zero attached hydrogens (tertiary/aromatic N) is 2. The molecule has 1 fully saturated rings. The van der Waals surface area contributed by atoms with Gasteiger partial charge in [0.2, 0.25) is 0 Å². The Morgan fingerprint density at radius 2 is 1.90 bits per heavy atom. The van der Waals surface area contributed by atoms with Crippen LogP contribution < -0.4 is 5.32 Å². The van der Waals surface area contributed by atoms with Crippen molar-refractivity contribution in [1.29, 1.82) is 0 Å². The number of hydrogen-bond acceptors (Lipinski definition) is 4. The summed E-state index contributed by atoms with van der Waals surface area (Å²) in [5, 5.41) is 3.38. The number of guanidine groups is 1. The van der Waals surface area contributed by atoms with Gasteiger partial charge in [-0.15, -0.1) is 24.0 Å². The Hall–Kier alpha value is -1.65. The first-order valence-corrected chi connectivity index (χ1v) is 11.6. The van der Waals surface area contributed by atoms with Crippen LogP contribution in [0.25, 0.3) is 0 Å². The molecule has 1 N–H and O–H groups in total. The second kappa shape index (κ2) is 10.6. The molecule has 1 atom stereocenters. The summed E-state index contributed by atoms with van der Waals surface area (Å²) in [4.78, 5) is 6.96. The number of rotatable bonds is 4. The van der Waals surface area contributed by atoms with E-state index < -0.39 is 9.84 Å². The first-order chi connectivity index (χ1) is 13.8. The zero-order chi connectivity index (χ0) is 21.0. The standard InChI is InChI=1S/C22H29N3O3S.HI/c1-16-5-10-20(17(2)13-16)21-15-25(11-12-28-21)22(23-3)24-14-18-6-8-19(9-7-18)29(4,26)27;/h5-10,13,21H,11-12,14-15H2,1-4H3,(H,23,24);1H. The van der Waals surface area contributed by atoms with Crippen LogP contribution in [0.2, 0.25) is 0 Å². The Kier molecular flexibility index (Phi) is 8.69. The van der Waals surface area contributed by atoms with Crippen molar-refractivity contribution in [3.8, 4) is 0 Å². The molecule has 1 aliphatic heterocycles. The highest BCUT2D eigenvalue weighted by atomic mass is 127. The molecule has 0 aromatic heterocycles. The van der Waals surface area contributed by atoms with Crippen molar-refractivity contribution in [2.75, 3.05) is 33.0 Å². The largest absolute Gasteiger partial charge is 0.370 e. The van der Waals surface area contributed by atoms with Gasteiger partial charge >= 0.3 is 0 Å². The van der Waals surface area contributed by atoms with Crippen LogP contribution in [-0.2, 0) is 21.1 Å². The molecule has 2 aromatic carbocycles. The maximum atomic E-state index is 11.6. The highest BCUT2D eigenvalue weighted by Gasteiger charge is 2.25. The summed E-state index contributed by atoms with van der Waals surface area (Å²) >= 11 is 0. The molecule has 1 aliphatic rings. The van der Waals surface area contributed by atoms with E-state index in [1.807, 2.05) is 12.1 Å². The molecule has 0 radical (unpaired) electrons. The number of aliphatic imine (C=N–C) groups is 1. The fourth-order valence-corrected chi connectivity index (χ4v) is 4.22. The molecule has 1 saturated heterocycles. The van der Waals surface area contributed by atoms with Crippen LogP contribution in [0.3, 0.4) is 0 Å². The Balaban J connectivity index is 0.00000320. The van der Waals surface area contributed by atoms with Gasteiger partial charge in [-0.1, -0.05) is 35.9 Å². The minimum atomic E-state index is -3.18. The Labute approximate surface area is 196 Å². The van der Waals surface area contributed by atoms with Gasteiger partial charge in [0, 0.05) is 26.4 Å². The van der Waals surface area contributed by atoms with Gasteiger partial charge in [-0.2, -0.15) is 0 Å². The number of nitrogens with one attached hydrogen (secondary N) is 1. The number of aryl methyl sites for hydroxylation is 2. The molecule has 1 unspecified atom stereocenters. The summed E-state index contributed by atoms with van der Waals surface area (Å²) in [6, 6.07) is 13.4. The summed E-state index contributed by atoms with van der Waals surface area (Å²) in [5.74, 6) is 0.815. The maximum absolute atomic E-state index is 11.6. The molecule has 0 aliphatic carbocycles. The second-order valence-electron chi connectivity index (χ2n) is 7.48. The van der Waals surface area contributed by atoms with Crippen LogP contribution >= 0.6 is 24.0 Å². The summed E-state index contributed by atoms with van der Waals surface area (Å²) < 4.78 is 29.2. The van der Waals surface area contributed by atoms with E-state index in [0.29, 0.717) is 18.0 Å². The Bertz CT molecular complexity index is 991. The number of halogens is 1. The smallest absolute Gasteiger partial charge is 0.194 e. The van der Waals surface area contributed by atoms with Crippen molar-refractivity contribution in [2.24, 2.45) is 4.99 Å². The number of benzene rings is 2. The van der Waals surface area contributed by atoms with Crippen molar-refractivity contribution in [1.82, 2.24) is 10.2 Å². The molecule has 0 spiro atoms. The van der Waals surface area contributed by atoms with E-state index in [0.717, 1.165) is 24.6 Å². The first kappa shape index (κ1) is 24.6. The molecule has 30 heavy (non-hydrogen) atoms. The maximum Gasteiger partial charge on any atom is 0.194 e. The lowest BCUT2D eigenvalue weighted by atomic mass is 10.00. The predicted octanol–water partition coefficient (Wildman–Crippen LogP) is 3.47. The van der Waals surface area contributed by atoms with Gasteiger partial charge in [0.05, 0.1) is 18.0 Å². The van der Waals surface area contributed by atoms with Crippen LogP contribution in [0.5, 0.6) is 0 Å². The second-order valence-corrected chi connectivity index (χ2v) is 9.50. The van der Waals surface area contributed by atoms with Gasteiger partial charge in [-0.05, 0) is 42.7 Å². The van der Waals surface area contributed by atoms with Crippen LogP contribution in [0, 0.1) is 13.8 Å². The van der Waals surface area contributed by atoms with Gasteiger partial charge in [0.15, 0.2) is 15.8 Å². The lowest BCUT2D eigenvalue weighted by Gasteiger charge is -2.36. The fraction of sp³-hybridized carbons (Fsp3) is 0.409. The van der Waals surface area contributed by atoms with Gasteiger partial charge < -0.3 is 15.0 Å².